The van der Waals surface area contributed by atoms with Crippen molar-refractivity contribution in [3.8, 4) is 0 Å². The van der Waals surface area contributed by atoms with E-state index in [2.05, 4.69) is 29.8 Å². The topological polar surface area (TPSA) is 42.2 Å². The van der Waals surface area contributed by atoms with Gasteiger partial charge in [0, 0.05) is 23.6 Å². The van der Waals surface area contributed by atoms with E-state index in [0.29, 0.717) is 6.42 Å². The summed E-state index contributed by atoms with van der Waals surface area (Å²) < 4.78 is 2.17. The molecule has 0 bridgehead atoms. The Morgan fingerprint density at radius 1 is 1.41 bits per heavy atom. The normalized spacial score (nSPS) is 12.8. The van der Waals surface area contributed by atoms with Gasteiger partial charge >= 0.3 is 5.97 Å². The number of hydrogen-bond donors (Lipinski definition) is 1. The molecule has 0 saturated carbocycles. The van der Waals surface area contributed by atoms with Crippen LogP contribution >= 0.6 is 0 Å². The minimum absolute atomic E-state index is 0.342. The third-order valence-corrected chi connectivity index (χ3v) is 3.19. The summed E-state index contributed by atoms with van der Waals surface area (Å²) in [5.74, 6) is -1.08. The molecule has 1 aromatic heterocycles. The smallest absolute Gasteiger partial charge is 0.306 e. The molecule has 1 N–H and O–H groups in total. The standard InChI is InChI=1S/C14H17NO2/c1-3-15-8-7-12-11(5-4-6-13(12)15)9-10(2)14(16)17/h4-8,10H,3,9H2,1-2H3,(H,16,17). The summed E-state index contributed by atoms with van der Waals surface area (Å²) in [7, 11) is 0. The first-order chi connectivity index (χ1) is 8.13. The van der Waals surface area contributed by atoms with E-state index in [1.165, 1.54) is 10.9 Å². The Balaban J connectivity index is 2.41. The highest BCUT2D eigenvalue weighted by atomic mass is 16.4. The van der Waals surface area contributed by atoms with Gasteiger partial charge in [-0.05, 0) is 31.0 Å². The van der Waals surface area contributed by atoms with E-state index < -0.39 is 5.97 Å². The molecule has 2 aromatic rings. The maximum Gasteiger partial charge on any atom is 0.306 e. The number of carboxylic acid groups (broad SMARTS) is 1. The fourth-order valence-corrected chi connectivity index (χ4v) is 2.16. The van der Waals surface area contributed by atoms with Gasteiger partial charge in [-0.15, -0.1) is 0 Å². The van der Waals surface area contributed by atoms with E-state index in [1.54, 1.807) is 6.92 Å². The van der Waals surface area contributed by atoms with Crippen LogP contribution in [0.15, 0.2) is 30.5 Å². The molecule has 1 atom stereocenters. The highest BCUT2D eigenvalue weighted by Gasteiger charge is 2.14. The molecule has 0 saturated heterocycles. The molecule has 90 valence electrons. The average Bonchev–Trinajstić information content (AvgIpc) is 2.72. The van der Waals surface area contributed by atoms with Crippen molar-refractivity contribution in [2.24, 2.45) is 5.92 Å². The van der Waals surface area contributed by atoms with Crippen molar-refractivity contribution in [3.05, 3.63) is 36.0 Å². The summed E-state index contributed by atoms with van der Waals surface area (Å²) in [6.07, 6.45) is 2.64. The molecule has 1 heterocycles. The zero-order valence-corrected chi connectivity index (χ0v) is 10.2. The van der Waals surface area contributed by atoms with E-state index in [1.807, 2.05) is 12.1 Å². The van der Waals surface area contributed by atoms with Crippen LogP contribution in [0.4, 0.5) is 0 Å². The first kappa shape index (κ1) is 11.7. The molecule has 0 fully saturated rings. The molecule has 0 aliphatic heterocycles. The van der Waals surface area contributed by atoms with Gasteiger partial charge in [-0.1, -0.05) is 19.1 Å². The van der Waals surface area contributed by atoms with Crippen LogP contribution < -0.4 is 0 Å². The van der Waals surface area contributed by atoms with Crippen molar-refractivity contribution >= 4 is 16.9 Å². The van der Waals surface area contributed by atoms with Crippen LogP contribution in [0.1, 0.15) is 19.4 Å². The molecule has 3 nitrogen and oxygen atoms in total. The molecule has 1 unspecified atom stereocenters. The summed E-state index contributed by atoms with van der Waals surface area (Å²) in [6, 6.07) is 8.16. The molecule has 17 heavy (non-hydrogen) atoms. The summed E-state index contributed by atoms with van der Waals surface area (Å²) in [5.41, 5.74) is 2.30. The van der Waals surface area contributed by atoms with Crippen molar-refractivity contribution < 1.29 is 9.90 Å². The number of hydrogen-bond acceptors (Lipinski definition) is 1. The van der Waals surface area contributed by atoms with Gasteiger partial charge < -0.3 is 9.67 Å². The highest BCUT2D eigenvalue weighted by Crippen LogP contribution is 2.22. The van der Waals surface area contributed by atoms with E-state index in [9.17, 15) is 4.79 Å². The fraction of sp³-hybridized carbons (Fsp3) is 0.357. The Labute approximate surface area is 101 Å². The third-order valence-electron chi connectivity index (χ3n) is 3.19. The maximum absolute atomic E-state index is 10.9. The molecule has 0 spiro atoms. The zero-order valence-electron chi connectivity index (χ0n) is 10.2. The summed E-state index contributed by atoms with van der Waals surface area (Å²) >= 11 is 0. The Hall–Kier alpha value is -1.77. The van der Waals surface area contributed by atoms with Crippen molar-refractivity contribution in [1.82, 2.24) is 4.57 Å². The van der Waals surface area contributed by atoms with Crippen LogP contribution in [0, 0.1) is 5.92 Å². The molecule has 3 heteroatoms. The molecule has 2 rings (SSSR count). The quantitative estimate of drug-likeness (QED) is 0.879. The molecular formula is C14H17NO2. The molecular weight excluding hydrogens is 214 g/mol. The van der Waals surface area contributed by atoms with Crippen molar-refractivity contribution in [2.45, 2.75) is 26.8 Å². The molecule has 0 aliphatic rings. The van der Waals surface area contributed by atoms with E-state index in [-0.39, 0.29) is 5.92 Å². The fourth-order valence-electron chi connectivity index (χ4n) is 2.16. The zero-order chi connectivity index (χ0) is 12.4. The van der Waals surface area contributed by atoms with Crippen LogP contribution in [0.25, 0.3) is 10.9 Å². The van der Waals surface area contributed by atoms with Gasteiger partial charge in [-0.3, -0.25) is 4.79 Å². The third kappa shape index (κ3) is 2.18. The second-order valence-corrected chi connectivity index (χ2v) is 4.40. The number of aliphatic carboxylic acids is 1. The van der Waals surface area contributed by atoms with Gasteiger partial charge in [0.05, 0.1) is 5.92 Å². The number of aryl methyl sites for hydroxylation is 1. The number of carboxylic acids is 1. The Morgan fingerprint density at radius 3 is 2.82 bits per heavy atom. The minimum Gasteiger partial charge on any atom is -0.481 e. The first-order valence-corrected chi connectivity index (χ1v) is 5.93. The number of carbonyl (C=O) groups is 1. The van der Waals surface area contributed by atoms with Gasteiger partial charge in [0.15, 0.2) is 0 Å². The number of fused-ring (bicyclic) bond motifs is 1. The van der Waals surface area contributed by atoms with Crippen LogP contribution in [0.5, 0.6) is 0 Å². The lowest BCUT2D eigenvalue weighted by atomic mass is 9.98. The average molecular weight is 231 g/mol. The largest absolute Gasteiger partial charge is 0.481 e. The van der Waals surface area contributed by atoms with Crippen LogP contribution in [0.3, 0.4) is 0 Å². The van der Waals surface area contributed by atoms with Crippen LogP contribution in [-0.4, -0.2) is 15.6 Å². The highest BCUT2D eigenvalue weighted by molar-refractivity contribution is 5.84. The summed E-state index contributed by atoms with van der Waals surface area (Å²) in [5, 5.41) is 10.1. The Bertz CT molecular complexity index is 542. The van der Waals surface area contributed by atoms with Gasteiger partial charge in [0.2, 0.25) is 0 Å². The lowest BCUT2D eigenvalue weighted by Gasteiger charge is -2.08. The maximum atomic E-state index is 10.9. The number of benzene rings is 1. The Morgan fingerprint density at radius 2 is 2.18 bits per heavy atom. The van der Waals surface area contributed by atoms with E-state index in [0.717, 1.165) is 12.1 Å². The SMILES string of the molecule is CCn1ccc2c(CC(C)C(=O)O)cccc21. The number of rotatable bonds is 4. The molecule has 0 radical (unpaired) electrons. The van der Waals surface area contributed by atoms with Crippen molar-refractivity contribution in [1.29, 1.82) is 0 Å². The van der Waals surface area contributed by atoms with Gasteiger partial charge in [0.25, 0.3) is 0 Å². The first-order valence-electron chi connectivity index (χ1n) is 5.93. The monoisotopic (exact) mass is 231 g/mol. The second kappa shape index (κ2) is 4.62. The van der Waals surface area contributed by atoms with Crippen LogP contribution in [-0.2, 0) is 17.8 Å². The summed E-state index contributed by atoms with van der Waals surface area (Å²) in [6.45, 7) is 4.78. The lowest BCUT2D eigenvalue weighted by molar-refractivity contribution is -0.141. The molecule has 1 aromatic carbocycles. The predicted molar refractivity (Wildman–Crippen MR) is 68.1 cm³/mol. The van der Waals surface area contributed by atoms with Gasteiger partial charge in [-0.25, -0.2) is 0 Å². The van der Waals surface area contributed by atoms with E-state index >= 15 is 0 Å². The molecule has 0 aliphatic carbocycles. The minimum atomic E-state index is -0.739. The Kier molecular flexibility index (Phi) is 3.18. The van der Waals surface area contributed by atoms with Gasteiger partial charge in [-0.2, -0.15) is 0 Å². The van der Waals surface area contributed by atoms with Crippen molar-refractivity contribution in [2.75, 3.05) is 0 Å². The van der Waals surface area contributed by atoms with Crippen molar-refractivity contribution in [3.63, 3.8) is 0 Å². The second-order valence-electron chi connectivity index (χ2n) is 4.40. The number of aromatic nitrogens is 1. The molecule has 0 amide bonds. The van der Waals surface area contributed by atoms with E-state index in [4.69, 9.17) is 5.11 Å². The predicted octanol–water partition coefficient (Wildman–Crippen LogP) is 2.92. The van der Waals surface area contributed by atoms with Gasteiger partial charge in [0.1, 0.15) is 0 Å². The lowest BCUT2D eigenvalue weighted by Crippen LogP contribution is -2.12. The summed E-state index contributed by atoms with van der Waals surface area (Å²) in [4.78, 5) is 10.9. The van der Waals surface area contributed by atoms with Crippen LogP contribution in [0.2, 0.25) is 0 Å². The number of nitrogens with zero attached hydrogens (tertiary/aromatic N) is 1.